The first-order valence-corrected chi connectivity index (χ1v) is 5.00. The minimum Gasteiger partial charge on any atom is -0.381 e. The fourth-order valence-electron chi connectivity index (χ4n) is 1.70. The van der Waals surface area contributed by atoms with Gasteiger partial charge < -0.3 is 10.6 Å². The standard InChI is InChI=1S/C11H15FN2/c12-7-9-1-3-10(4-2-9)14-11-5-6-13-8-11/h1-4,11,13-14H,5-8H2. The molecular weight excluding hydrogens is 179 g/mol. The van der Waals surface area contributed by atoms with Crippen LogP contribution in [-0.2, 0) is 6.67 Å². The predicted molar refractivity (Wildman–Crippen MR) is 56.2 cm³/mol. The van der Waals surface area contributed by atoms with E-state index in [-0.39, 0.29) is 6.67 Å². The van der Waals surface area contributed by atoms with Crippen molar-refractivity contribution in [1.29, 1.82) is 0 Å². The van der Waals surface area contributed by atoms with E-state index in [1.807, 2.05) is 24.3 Å². The van der Waals surface area contributed by atoms with Crippen LogP contribution in [0, 0.1) is 0 Å². The summed E-state index contributed by atoms with van der Waals surface area (Å²) in [5.41, 5.74) is 1.82. The summed E-state index contributed by atoms with van der Waals surface area (Å²) in [6.07, 6.45) is 1.16. The van der Waals surface area contributed by atoms with E-state index in [9.17, 15) is 4.39 Å². The Morgan fingerprint density at radius 1 is 1.36 bits per heavy atom. The highest BCUT2D eigenvalue weighted by Crippen LogP contribution is 2.13. The first kappa shape index (κ1) is 9.46. The van der Waals surface area contributed by atoms with Crippen LogP contribution < -0.4 is 10.6 Å². The predicted octanol–water partition coefficient (Wildman–Crippen LogP) is 1.93. The number of alkyl halides is 1. The van der Waals surface area contributed by atoms with Crippen molar-refractivity contribution in [3.8, 4) is 0 Å². The maximum Gasteiger partial charge on any atom is 0.115 e. The molecule has 1 atom stereocenters. The lowest BCUT2D eigenvalue weighted by molar-refractivity contribution is 0.485. The van der Waals surface area contributed by atoms with Crippen LogP contribution in [0.2, 0.25) is 0 Å². The van der Waals surface area contributed by atoms with Gasteiger partial charge in [0.15, 0.2) is 0 Å². The van der Waals surface area contributed by atoms with Gasteiger partial charge in [0.05, 0.1) is 0 Å². The molecular formula is C11H15FN2. The molecule has 3 heteroatoms. The maximum atomic E-state index is 12.2. The molecule has 0 aliphatic carbocycles. The van der Waals surface area contributed by atoms with Crippen molar-refractivity contribution in [2.24, 2.45) is 0 Å². The van der Waals surface area contributed by atoms with Crippen LogP contribution in [0.3, 0.4) is 0 Å². The Hall–Kier alpha value is -1.09. The minimum absolute atomic E-state index is 0.384. The highest BCUT2D eigenvalue weighted by Gasteiger charge is 2.13. The summed E-state index contributed by atoms with van der Waals surface area (Å²) < 4.78 is 12.2. The molecule has 1 unspecified atom stereocenters. The lowest BCUT2D eigenvalue weighted by atomic mass is 10.2. The molecule has 0 radical (unpaired) electrons. The van der Waals surface area contributed by atoms with Gasteiger partial charge in [-0.3, -0.25) is 0 Å². The topological polar surface area (TPSA) is 24.1 Å². The summed E-state index contributed by atoms with van der Waals surface area (Å²) in [7, 11) is 0. The van der Waals surface area contributed by atoms with Crippen LogP contribution in [0.4, 0.5) is 10.1 Å². The van der Waals surface area contributed by atoms with Gasteiger partial charge in [-0.15, -0.1) is 0 Å². The second kappa shape index (κ2) is 4.42. The van der Waals surface area contributed by atoms with Crippen molar-refractivity contribution < 1.29 is 4.39 Å². The highest BCUT2D eigenvalue weighted by molar-refractivity contribution is 5.45. The van der Waals surface area contributed by atoms with Gasteiger partial charge >= 0.3 is 0 Å². The molecule has 2 rings (SSSR count). The maximum absolute atomic E-state index is 12.2. The zero-order chi connectivity index (χ0) is 9.80. The van der Waals surface area contributed by atoms with Crippen molar-refractivity contribution >= 4 is 5.69 Å². The Morgan fingerprint density at radius 3 is 2.71 bits per heavy atom. The number of rotatable bonds is 3. The van der Waals surface area contributed by atoms with Crippen molar-refractivity contribution in [2.75, 3.05) is 18.4 Å². The van der Waals surface area contributed by atoms with Crippen LogP contribution in [0.1, 0.15) is 12.0 Å². The molecule has 2 N–H and O–H groups in total. The summed E-state index contributed by atoms with van der Waals surface area (Å²) >= 11 is 0. The van der Waals surface area contributed by atoms with Crippen molar-refractivity contribution in [3.63, 3.8) is 0 Å². The van der Waals surface area contributed by atoms with E-state index < -0.39 is 0 Å². The average molecular weight is 194 g/mol. The lowest BCUT2D eigenvalue weighted by Gasteiger charge is -2.12. The van der Waals surface area contributed by atoms with Gasteiger partial charge in [-0.25, -0.2) is 4.39 Å². The third kappa shape index (κ3) is 2.23. The quantitative estimate of drug-likeness (QED) is 0.768. The van der Waals surface area contributed by atoms with Crippen molar-refractivity contribution in [3.05, 3.63) is 29.8 Å². The van der Waals surface area contributed by atoms with Gasteiger partial charge in [-0.05, 0) is 30.7 Å². The summed E-state index contributed by atoms with van der Waals surface area (Å²) in [6.45, 7) is 1.72. The summed E-state index contributed by atoms with van der Waals surface area (Å²) in [5, 5.41) is 6.70. The Labute approximate surface area is 83.5 Å². The molecule has 1 aromatic carbocycles. The molecule has 0 spiro atoms. The molecule has 1 aliphatic rings. The molecule has 1 heterocycles. The van der Waals surface area contributed by atoms with Crippen LogP contribution in [0.5, 0.6) is 0 Å². The van der Waals surface area contributed by atoms with Crippen LogP contribution in [-0.4, -0.2) is 19.1 Å². The lowest BCUT2D eigenvalue weighted by Crippen LogP contribution is -2.21. The van der Waals surface area contributed by atoms with Crippen molar-refractivity contribution in [2.45, 2.75) is 19.1 Å². The SMILES string of the molecule is FCc1ccc(NC2CCNC2)cc1. The van der Waals surface area contributed by atoms with E-state index in [1.165, 1.54) is 0 Å². The number of anilines is 1. The minimum atomic E-state index is -0.384. The van der Waals surface area contributed by atoms with Gasteiger partial charge in [0.2, 0.25) is 0 Å². The second-order valence-electron chi connectivity index (χ2n) is 3.66. The van der Waals surface area contributed by atoms with E-state index in [4.69, 9.17) is 0 Å². The van der Waals surface area contributed by atoms with E-state index in [0.717, 1.165) is 30.8 Å². The number of hydrogen-bond donors (Lipinski definition) is 2. The van der Waals surface area contributed by atoms with E-state index in [0.29, 0.717) is 6.04 Å². The third-order valence-corrected chi connectivity index (χ3v) is 2.54. The number of hydrogen-bond acceptors (Lipinski definition) is 2. The molecule has 1 fully saturated rings. The van der Waals surface area contributed by atoms with Gasteiger partial charge in [-0.2, -0.15) is 0 Å². The summed E-state index contributed by atoms with van der Waals surface area (Å²) in [5.74, 6) is 0. The monoisotopic (exact) mass is 194 g/mol. The van der Waals surface area contributed by atoms with Crippen LogP contribution in [0.25, 0.3) is 0 Å². The van der Waals surface area contributed by atoms with Gasteiger partial charge in [-0.1, -0.05) is 12.1 Å². The van der Waals surface area contributed by atoms with Gasteiger partial charge in [0, 0.05) is 18.3 Å². The fraction of sp³-hybridized carbons (Fsp3) is 0.455. The zero-order valence-electron chi connectivity index (χ0n) is 8.09. The normalized spacial score (nSPS) is 21.1. The number of nitrogens with one attached hydrogen (secondary N) is 2. The van der Waals surface area contributed by atoms with Gasteiger partial charge in [0.25, 0.3) is 0 Å². The van der Waals surface area contributed by atoms with E-state index in [2.05, 4.69) is 10.6 Å². The smallest absolute Gasteiger partial charge is 0.115 e. The van der Waals surface area contributed by atoms with Crippen molar-refractivity contribution in [1.82, 2.24) is 5.32 Å². The molecule has 0 aromatic heterocycles. The third-order valence-electron chi connectivity index (χ3n) is 2.54. The largest absolute Gasteiger partial charge is 0.381 e. The van der Waals surface area contributed by atoms with Crippen LogP contribution in [0.15, 0.2) is 24.3 Å². The second-order valence-corrected chi connectivity index (χ2v) is 3.66. The molecule has 76 valence electrons. The molecule has 14 heavy (non-hydrogen) atoms. The number of benzene rings is 1. The molecule has 1 saturated heterocycles. The Kier molecular flexibility index (Phi) is 2.99. The molecule has 0 bridgehead atoms. The first-order chi connectivity index (χ1) is 6.88. The molecule has 2 nitrogen and oxygen atoms in total. The zero-order valence-corrected chi connectivity index (χ0v) is 8.09. The van der Waals surface area contributed by atoms with E-state index in [1.54, 1.807) is 0 Å². The first-order valence-electron chi connectivity index (χ1n) is 5.00. The molecule has 0 saturated carbocycles. The fourth-order valence-corrected chi connectivity index (χ4v) is 1.70. The Morgan fingerprint density at radius 2 is 2.14 bits per heavy atom. The molecule has 1 aromatic rings. The number of halogens is 1. The van der Waals surface area contributed by atoms with Crippen LogP contribution >= 0.6 is 0 Å². The Balaban J connectivity index is 1.95. The molecule has 0 amide bonds. The Bertz CT molecular complexity index is 278. The molecule has 1 aliphatic heterocycles. The van der Waals surface area contributed by atoms with E-state index >= 15 is 0 Å². The summed E-state index contributed by atoms with van der Waals surface area (Å²) in [6, 6.07) is 8.04. The highest BCUT2D eigenvalue weighted by atomic mass is 19.1. The van der Waals surface area contributed by atoms with Gasteiger partial charge in [0.1, 0.15) is 6.67 Å². The summed E-state index contributed by atoms with van der Waals surface area (Å²) in [4.78, 5) is 0. The average Bonchev–Trinajstić information content (AvgIpc) is 2.72.